The molecule has 19 heavy (non-hydrogen) atoms. The number of H-pyrrole nitrogens is 1. The Kier molecular flexibility index (Phi) is 3.41. The lowest BCUT2D eigenvalue weighted by Crippen LogP contribution is -2.29. The number of carbonyl (C=O) groups is 1. The molecule has 1 fully saturated rings. The first kappa shape index (κ1) is 13.1. The number of β-amino-alcohol motifs (C(OH)–C–C–N with tert-alkyl or cyclic N) is 1. The van der Waals surface area contributed by atoms with Crippen molar-refractivity contribution >= 4 is 48.7 Å². The smallest absolute Gasteiger partial charge is 0.256 e. The number of fused-ring (bicyclic) bond motifs is 1. The number of carbonyl (C=O) groups excluding carboxylic acids is 1. The quantitative estimate of drug-likeness (QED) is 0.790. The zero-order valence-electron chi connectivity index (χ0n) is 9.99. The fourth-order valence-corrected chi connectivity index (χ4v) is 3.08. The Hall–Kier alpha value is -0.850. The highest BCUT2D eigenvalue weighted by atomic mass is 79.9. The van der Waals surface area contributed by atoms with E-state index in [1.165, 1.54) is 0 Å². The second kappa shape index (κ2) is 4.92. The van der Waals surface area contributed by atoms with E-state index >= 15 is 0 Å². The molecule has 1 aromatic heterocycles. The summed E-state index contributed by atoms with van der Waals surface area (Å²) in [6.45, 7) is 1.04. The van der Waals surface area contributed by atoms with Crippen molar-refractivity contribution in [3.63, 3.8) is 0 Å². The largest absolute Gasteiger partial charge is 0.391 e. The Labute approximate surface area is 127 Å². The number of aliphatic hydroxyl groups is 1. The van der Waals surface area contributed by atoms with Gasteiger partial charge in [0.05, 0.1) is 11.7 Å². The van der Waals surface area contributed by atoms with Crippen molar-refractivity contribution in [1.82, 2.24) is 9.88 Å². The van der Waals surface area contributed by atoms with E-state index in [9.17, 15) is 9.90 Å². The normalized spacial score (nSPS) is 19.3. The first-order valence-electron chi connectivity index (χ1n) is 5.99. The molecule has 1 aliphatic rings. The van der Waals surface area contributed by atoms with Gasteiger partial charge >= 0.3 is 0 Å². The number of aromatic amines is 1. The van der Waals surface area contributed by atoms with E-state index in [0.717, 1.165) is 19.8 Å². The number of halogens is 2. The third-order valence-corrected chi connectivity index (χ3v) is 5.25. The highest BCUT2D eigenvalue weighted by Crippen LogP contribution is 2.30. The van der Waals surface area contributed by atoms with Crippen LogP contribution in [0.15, 0.2) is 27.3 Å². The molecule has 0 saturated carbocycles. The van der Waals surface area contributed by atoms with Crippen LogP contribution in [0.25, 0.3) is 10.9 Å². The van der Waals surface area contributed by atoms with Gasteiger partial charge in [-0.15, -0.1) is 0 Å². The summed E-state index contributed by atoms with van der Waals surface area (Å²) in [6, 6.07) is 3.87. The van der Waals surface area contributed by atoms with Gasteiger partial charge in [0.15, 0.2) is 0 Å². The third kappa shape index (κ3) is 2.32. The molecule has 0 bridgehead atoms. The van der Waals surface area contributed by atoms with Crippen LogP contribution in [0.5, 0.6) is 0 Å². The fraction of sp³-hybridized carbons (Fsp3) is 0.308. The average Bonchev–Trinajstić information content (AvgIpc) is 2.96. The van der Waals surface area contributed by atoms with Crippen LogP contribution in [0, 0.1) is 0 Å². The van der Waals surface area contributed by atoms with E-state index in [1.54, 1.807) is 11.1 Å². The van der Waals surface area contributed by atoms with Crippen molar-refractivity contribution < 1.29 is 9.90 Å². The Morgan fingerprint density at radius 2 is 2.11 bits per heavy atom. The van der Waals surface area contributed by atoms with Crippen molar-refractivity contribution in [2.45, 2.75) is 12.5 Å². The van der Waals surface area contributed by atoms with E-state index in [0.29, 0.717) is 25.1 Å². The van der Waals surface area contributed by atoms with Crippen LogP contribution in [0.1, 0.15) is 16.8 Å². The number of amides is 1. The number of rotatable bonds is 1. The molecule has 1 amide bonds. The molecule has 1 saturated heterocycles. The number of aliphatic hydroxyl groups excluding tert-OH is 1. The van der Waals surface area contributed by atoms with Gasteiger partial charge < -0.3 is 15.0 Å². The summed E-state index contributed by atoms with van der Waals surface area (Å²) in [6.07, 6.45) is 2.00. The van der Waals surface area contributed by atoms with E-state index < -0.39 is 6.10 Å². The highest BCUT2D eigenvalue weighted by Gasteiger charge is 2.27. The number of aromatic nitrogens is 1. The van der Waals surface area contributed by atoms with Gasteiger partial charge in [-0.2, -0.15) is 0 Å². The summed E-state index contributed by atoms with van der Waals surface area (Å²) in [7, 11) is 0. The van der Waals surface area contributed by atoms with Crippen LogP contribution < -0.4 is 0 Å². The molecule has 0 aliphatic carbocycles. The van der Waals surface area contributed by atoms with Crippen LogP contribution in [0.2, 0.25) is 0 Å². The predicted octanol–water partition coefficient (Wildman–Crippen LogP) is 2.90. The molecular weight excluding hydrogens is 376 g/mol. The van der Waals surface area contributed by atoms with E-state index in [1.807, 2.05) is 12.1 Å². The lowest BCUT2D eigenvalue weighted by atomic mass is 10.1. The van der Waals surface area contributed by atoms with Crippen molar-refractivity contribution in [3.8, 4) is 0 Å². The van der Waals surface area contributed by atoms with Crippen LogP contribution in [-0.4, -0.2) is 40.1 Å². The van der Waals surface area contributed by atoms with E-state index in [4.69, 9.17) is 0 Å². The minimum absolute atomic E-state index is 0.0305. The lowest BCUT2D eigenvalue weighted by Gasteiger charge is -2.14. The molecule has 100 valence electrons. The molecule has 3 rings (SSSR count). The number of hydrogen-bond acceptors (Lipinski definition) is 2. The predicted molar refractivity (Wildman–Crippen MR) is 80.2 cm³/mol. The number of nitrogens with zero attached hydrogens (tertiary/aromatic N) is 1. The Balaban J connectivity index is 2.01. The van der Waals surface area contributed by atoms with Gasteiger partial charge in [-0.1, -0.05) is 0 Å². The van der Waals surface area contributed by atoms with Gasteiger partial charge in [0.25, 0.3) is 5.91 Å². The summed E-state index contributed by atoms with van der Waals surface area (Å²) in [4.78, 5) is 17.2. The second-order valence-electron chi connectivity index (χ2n) is 4.71. The molecule has 0 radical (unpaired) electrons. The maximum atomic E-state index is 12.4. The first-order valence-corrected chi connectivity index (χ1v) is 7.58. The van der Waals surface area contributed by atoms with Gasteiger partial charge in [0, 0.05) is 39.1 Å². The topological polar surface area (TPSA) is 56.3 Å². The number of likely N-dealkylation sites (tertiary alicyclic amines) is 1. The van der Waals surface area contributed by atoms with Gasteiger partial charge in [0.2, 0.25) is 0 Å². The Morgan fingerprint density at radius 3 is 2.79 bits per heavy atom. The number of benzene rings is 1. The molecule has 1 aliphatic heterocycles. The minimum atomic E-state index is -0.393. The zero-order valence-corrected chi connectivity index (χ0v) is 13.2. The van der Waals surface area contributed by atoms with Crippen LogP contribution >= 0.6 is 31.9 Å². The van der Waals surface area contributed by atoms with Crippen molar-refractivity contribution in [1.29, 1.82) is 0 Å². The summed E-state index contributed by atoms with van der Waals surface area (Å²) in [5, 5.41) is 10.4. The molecule has 2 aromatic rings. The van der Waals surface area contributed by atoms with Gasteiger partial charge in [-0.25, -0.2) is 0 Å². The van der Waals surface area contributed by atoms with Crippen molar-refractivity contribution in [3.05, 3.63) is 32.8 Å². The number of hydrogen-bond donors (Lipinski definition) is 2. The summed E-state index contributed by atoms with van der Waals surface area (Å²) >= 11 is 6.89. The van der Waals surface area contributed by atoms with Crippen LogP contribution in [0.4, 0.5) is 0 Å². The van der Waals surface area contributed by atoms with Crippen LogP contribution in [0.3, 0.4) is 0 Å². The van der Waals surface area contributed by atoms with Gasteiger partial charge in [0.1, 0.15) is 0 Å². The Morgan fingerprint density at radius 1 is 1.37 bits per heavy atom. The molecule has 2 heterocycles. The average molecular weight is 388 g/mol. The monoisotopic (exact) mass is 386 g/mol. The summed E-state index contributed by atoms with van der Waals surface area (Å²) in [5.41, 5.74) is 1.57. The minimum Gasteiger partial charge on any atom is -0.391 e. The standard InChI is InChI=1S/C13H12Br2N2O2/c14-10-3-8-9(5-16-12(8)4-11(10)15)13(19)17-2-1-7(18)6-17/h3-5,7,16,18H,1-2,6H2/t7-/m0/s1. The lowest BCUT2D eigenvalue weighted by molar-refractivity contribution is 0.0767. The molecule has 4 nitrogen and oxygen atoms in total. The third-order valence-electron chi connectivity index (χ3n) is 3.40. The number of nitrogens with one attached hydrogen (secondary N) is 1. The van der Waals surface area contributed by atoms with Gasteiger partial charge in [-0.05, 0) is 50.4 Å². The van der Waals surface area contributed by atoms with Crippen molar-refractivity contribution in [2.75, 3.05) is 13.1 Å². The molecule has 6 heteroatoms. The maximum Gasteiger partial charge on any atom is 0.256 e. The van der Waals surface area contributed by atoms with E-state index in [2.05, 4.69) is 36.8 Å². The summed E-state index contributed by atoms with van der Waals surface area (Å²) in [5.74, 6) is -0.0305. The highest BCUT2D eigenvalue weighted by molar-refractivity contribution is 9.13. The van der Waals surface area contributed by atoms with Crippen molar-refractivity contribution in [2.24, 2.45) is 0 Å². The SMILES string of the molecule is O=C(c1c[nH]c2cc(Br)c(Br)cc12)N1CC[C@H](O)C1. The van der Waals surface area contributed by atoms with Gasteiger partial charge in [-0.3, -0.25) is 4.79 Å². The summed E-state index contributed by atoms with van der Waals surface area (Å²) < 4.78 is 1.85. The molecule has 1 aromatic carbocycles. The molecule has 2 N–H and O–H groups in total. The molecule has 1 atom stereocenters. The fourth-order valence-electron chi connectivity index (χ4n) is 2.39. The molecular formula is C13H12Br2N2O2. The van der Waals surface area contributed by atoms with E-state index in [-0.39, 0.29) is 5.91 Å². The maximum absolute atomic E-state index is 12.4. The molecule has 0 spiro atoms. The first-order chi connectivity index (χ1) is 9.06. The second-order valence-corrected chi connectivity index (χ2v) is 6.42. The Bertz CT molecular complexity index is 653. The van der Waals surface area contributed by atoms with Crippen LogP contribution in [-0.2, 0) is 0 Å². The molecule has 0 unspecified atom stereocenters. The zero-order chi connectivity index (χ0) is 13.6.